The molecule has 62 valence electrons. The van der Waals surface area contributed by atoms with Crippen LogP contribution in [0.2, 0.25) is 0 Å². The summed E-state index contributed by atoms with van der Waals surface area (Å²) in [6, 6.07) is 3.90. The van der Waals surface area contributed by atoms with Gasteiger partial charge in [-0.2, -0.15) is 0 Å². The van der Waals surface area contributed by atoms with Gasteiger partial charge < -0.3 is 4.84 Å². The van der Waals surface area contributed by atoms with Crippen molar-refractivity contribution in [3.63, 3.8) is 0 Å². The van der Waals surface area contributed by atoms with Gasteiger partial charge in [-0.25, -0.2) is 0 Å². The van der Waals surface area contributed by atoms with Crippen LogP contribution in [0, 0.1) is 5.92 Å². The average molecular weight is 162 g/mol. The highest BCUT2D eigenvalue weighted by Gasteiger charge is 2.19. The molecule has 0 N–H and O–H groups in total. The molecule has 2 rings (SSSR count). The zero-order valence-electron chi connectivity index (χ0n) is 6.90. The van der Waals surface area contributed by atoms with Crippen molar-refractivity contribution in [3.05, 3.63) is 30.1 Å². The highest BCUT2D eigenvalue weighted by molar-refractivity contribution is 6.02. The second kappa shape index (κ2) is 2.93. The zero-order chi connectivity index (χ0) is 8.39. The topological polar surface area (TPSA) is 34.5 Å². The molecule has 0 aromatic carbocycles. The van der Waals surface area contributed by atoms with Crippen LogP contribution in [0.4, 0.5) is 0 Å². The van der Waals surface area contributed by atoms with E-state index < -0.39 is 0 Å². The second-order valence-corrected chi connectivity index (χ2v) is 2.92. The summed E-state index contributed by atoms with van der Waals surface area (Å²) in [6.45, 7) is 2.78. The zero-order valence-corrected chi connectivity index (χ0v) is 6.90. The van der Waals surface area contributed by atoms with Crippen molar-refractivity contribution in [3.8, 4) is 0 Å². The molecule has 1 aromatic heterocycles. The minimum atomic E-state index is 0.384. The van der Waals surface area contributed by atoms with Gasteiger partial charge in [-0.05, 0) is 12.1 Å². The molecule has 0 spiro atoms. The summed E-state index contributed by atoms with van der Waals surface area (Å²) >= 11 is 0. The summed E-state index contributed by atoms with van der Waals surface area (Å²) in [7, 11) is 0. The molecule has 0 aliphatic carbocycles. The van der Waals surface area contributed by atoms with Crippen LogP contribution >= 0.6 is 0 Å². The largest absolute Gasteiger partial charge is 0.395 e. The van der Waals surface area contributed by atoms with Crippen molar-refractivity contribution in [2.24, 2.45) is 11.1 Å². The Bertz CT molecular complexity index is 295. The number of pyridine rings is 1. The Morgan fingerprint density at radius 3 is 3.08 bits per heavy atom. The van der Waals surface area contributed by atoms with Crippen LogP contribution in [0.1, 0.15) is 12.5 Å². The monoisotopic (exact) mass is 162 g/mol. The Balaban J connectivity index is 2.31. The van der Waals surface area contributed by atoms with Gasteiger partial charge >= 0.3 is 0 Å². The first kappa shape index (κ1) is 7.28. The van der Waals surface area contributed by atoms with E-state index in [1.54, 1.807) is 6.20 Å². The van der Waals surface area contributed by atoms with Crippen LogP contribution in [0.3, 0.4) is 0 Å². The van der Waals surface area contributed by atoms with Gasteiger partial charge in [0.25, 0.3) is 0 Å². The van der Waals surface area contributed by atoms with Crippen molar-refractivity contribution in [1.29, 1.82) is 0 Å². The van der Waals surface area contributed by atoms with Gasteiger partial charge in [-0.1, -0.05) is 12.1 Å². The van der Waals surface area contributed by atoms with Gasteiger partial charge in [0, 0.05) is 23.9 Å². The normalized spacial score (nSPS) is 21.8. The summed E-state index contributed by atoms with van der Waals surface area (Å²) in [5.74, 6) is 0.384. The molecule has 3 heteroatoms. The number of aromatic nitrogens is 1. The first-order valence-electron chi connectivity index (χ1n) is 3.98. The number of oxime groups is 1. The fourth-order valence-electron chi connectivity index (χ4n) is 1.24. The van der Waals surface area contributed by atoms with E-state index in [1.807, 2.05) is 18.3 Å². The van der Waals surface area contributed by atoms with E-state index in [9.17, 15) is 0 Å². The number of hydrogen-bond acceptors (Lipinski definition) is 3. The summed E-state index contributed by atoms with van der Waals surface area (Å²) in [5.41, 5.74) is 2.06. The van der Waals surface area contributed by atoms with Crippen LogP contribution in [0.25, 0.3) is 0 Å². The minimum Gasteiger partial charge on any atom is -0.395 e. The molecule has 1 aliphatic heterocycles. The van der Waals surface area contributed by atoms with Gasteiger partial charge in [0.15, 0.2) is 0 Å². The van der Waals surface area contributed by atoms with Crippen molar-refractivity contribution in [2.75, 3.05) is 6.61 Å². The molecular weight excluding hydrogens is 152 g/mol. The fraction of sp³-hybridized carbons (Fsp3) is 0.333. The lowest BCUT2D eigenvalue weighted by Crippen LogP contribution is -2.10. The SMILES string of the molecule is CC1CON=C1c1cccnc1. The smallest absolute Gasteiger partial charge is 0.125 e. The average Bonchev–Trinajstić information content (AvgIpc) is 2.53. The molecular formula is C9H10N2O. The molecule has 0 saturated heterocycles. The highest BCUT2D eigenvalue weighted by Crippen LogP contribution is 2.15. The number of hydrogen-bond donors (Lipinski definition) is 0. The van der Waals surface area contributed by atoms with Crippen molar-refractivity contribution >= 4 is 5.71 Å². The lowest BCUT2D eigenvalue weighted by Gasteiger charge is -2.01. The molecule has 3 nitrogen and oxygen atoms in total. The second-order valence-electron chi connectivity index (χ2n) is 2.92. The Hall–Kier alpha value is -1.38. The predicted molar refractivity (Wildman–Crippen MR) is 45.9 cm³/mol. The van der Waals surface area contributed by atoms with Crippen molar-refractivity contribution in [1.82, 2.24) is 4.98 Å². The summed E-state index contributed by atoms with van der Waals surface area (Å²) in [5, 5.41) is 3.96. The van der Waals surface area contributed by atoms with E-state index in [1.165, 1.54) is 0 Å². The molecule has 2 heterocycles. The number of rotatable bonds is 1. The Morgan fingerprint density at radius 1 is 1.58 bits per heavy atom. The van der Waals surface area contributed by atoms with Gasteiger partial charge in [0.1, 0.15) is 6.61 Å². The van der Waals surface area contributed by atoms with Crippen molar-refractivity contribution in [2.45, 2.75) is 6.92 Å². The predicted octanol–water partition coefficient (Wildman–Crippen LogP) is 1.45. The third-order valence-electron chi connectivity index (χ3n) is 1.91. The molecule has 12 heavy (non-hydrogen) atoms. The molecule has 1 aliphatic rings. The maximum Gasteiger partial charge on any atom is 0.125 e. The van der Waals surface area contributed by atoms with Crippen LogP contribution in [-0.4, -0.2) is 17.3 Å². The maximum atomic E-state index is 4.98. The lowest BCUT2D eigenvalue weighted by molar-refractivity contribution is 0.158. The molecule has 1 atom stereocenters. The van der Waals surface area contributed by atoms with E-state index >= 15 is 0 Å². The Morgan fingerprint density at radius 2 is 2.50 bits per heavy atom. The third kappa shape index (κ3) is 1.18. The Kier molecular flexibility index (Phi) is 1.78. The van der Waals surface area contributed by atoms with E-state index in [2.05, 4.69) is 17.1 Å². The van der Waals surface area contributed by atoms with Crippen LogP contribution in [0.15, 0.2) is 29.7 Å². The van der Waals surface area contributed by atoms with Gasteiger partial charge in [-0.3, -0.25) is 4.98 Å². The van der Waals surface area contributed by atoms with E-state index in [-0.39, 0.29) is 0 Å². The van der Waals surface area contributed by atoms with E-state index in [0.717, 1.165) is 11.3 Å². The number of nitrogens with zero attached hydrogens (tertiary/aromatic N) is 2. The molecule has 1 unspecified atom stereocenters. The summed E-state index contributed by atoms with van der Waals surface area (Å²) in [6.07, 6.45) is 3.56. The minimum absolute atomic E-state index is 0.384. The summed E-state index contributed by atoms with van der Waals surface area (Å²) in [4.78, 5) is 9.01. The highest BCUT2D eigenvalue weighted by atomic mass is 16.6. The van der Waals surface area contributed by atoms with Crippen LogP contribution < -0.4 is 0 Å². The van der Waals surface area contributed by atoms with Crippen molar-refractivity contribution < 1.29 is 4.84 Å². The maximum absolute atomic E-state index is 4.98. The lowest BCUT2D eigenvalue weighted by atomic mass is 10.0. The quantitative estimate of drug-likeness (QED) is 0.626. The van der Waals surface area contributed by atoms with Crippen LogP contribution in [0.5, 0.6) is 0 Å². The molecule has 0 fully saturated rings. The molecule has 0 amide bonds. The third-order valence-corrected chi connectivity index (χ3v) is 1.91. The van der Waals surface area contributed by atoms with Gasteiger partial charge in [-0.15, -0.1) is 0 Å². The van der Waals surface area contributed by atoms with Gasteiger partial charge in [0.05, 0.1) is 5.71 Å². The van der Waals surface area contributed by atoms with Crippen LogP contribution in [-0.2, 0) is 4.84 Å². The summed E-state index contributed by atoms with van der Waals surface area (Å²) < 4.78 is 0. The first-order valence-corrected chi connectivity index (χ1v) is 3.98. The standard InChI is InChI=1S/C9H10N2O/c1-7-6-12-11-9(7)8-3-2-4-10-5-8/h2-5,7H,6H2,1H3. The molecule has 1 aromatic rings. The molecule has 0 saturated carbocycles. The first-order chi connectivity index (χ1) is 5.88. The van der Waals surface area contributed by atoms with E-state index in [4.69, 9.17) is 4.84 Å². The van der Waals surface area contributed by atoms with E-state index in [0.29, 0.717) is 12.5 Å². The molecule has 0 radical (unpaired) electrons. The Labute approximate surface area is 71.1 Å². The molecule has 0 bridgehead atoms. The van der Waals surface area contributed by atoms with Gasteiger partial charge in [0.2, 0.25) is 0 Å². The fourth-order valence-corrected chi connectivity index (χ4v) is 1.24.